The molecule has 1 aliphatic heterocycles. The van der Waals surface area contributed by atoms with Crippen molar-refractivity contribution in [3.8, 4) is 22.4 Å². The largest absolute Gasteiger partial charge is 0.512 e. The second-order valence-electron chi connectivity index (χ2n) is 15.2. The minimum atomic E-state index is -1.86. The second kappa shape index (κ2) is 16.6. The van der Waals surface area contributed by atoms with E-state index in [9.17, 15) is 9.90 Å². The number of aliphatic hydroxyl groups excluding tert-OH is 1. The van der Waals surface area contributed by atoms with Gasteiger partial charge in [-0.15, -0.1) is 29.1 Å². The van der Waals surface area contributed by atoms with Crippen LogP contribution in [0.3, 0.4) is 0 Å². The summed E-state index contributed by atoms with van der Waals surface area (Å²) in [6.45, 7) is 24.2. The van der Waals surface area contributed by atoms with Gasteiger partial charge in [-0.25, -0.2) is 0 Å². The molecular weight excluding hydrogens is 815 g/mol. The topological polar surface area (TPSA) is 59.4 Å². The fraction of sp³-hybridized carbons (Fsp3) is 0.429. The van der Waals surface area contributed by atoms with Crippen molar-refractivity contribution in [1.29, 1.82) is 0 Å². The van der Waals surface area contributed by atoms with Crippen LogP contribution in [0.5, 0.6) is 0 Å². The minimum Gasteiger partial charge on any atom is -0.512 e. The van der Waals surface area contributed by atoms with Gasteiger partial charge in [0, 0.05) is 49.9 Å². The third-order valence-electron chi connectivity index (χ3n) is 9.86. The van der Waals surface area contributed by atoms with Crippen molar-refractivity contribution >= 4 is 43.6 Å². The number of pyridine rings is 1. The number of aliphatic hydroxyl groups is 1. The Bertz CT molecular complexity index is 1780. The maximum absolute atomic E-state index is 11.7. The summed E-state index contributed by atoms with van der Waals surface area (Å²) in [5, 5.41) is 15.1. The predicted molar refractivity (Wildman–Crippen MR) is 209 cm³/mol. The Kier molecular flexibility index (Phi) is 13.8. The van der Waals surface area contributed by atoms with Crippen LogP contribution in [-0.2, 0) is 34.4 Å². The number of aromatic nitrogens is 1. The molecule has 0 unspecified atom stereocenters. The zero-order valence-electron chi connectivity index (χ0n) is 31.5. The number of carbonyl (C=O) groups is 1. The van der Waals surface area contributed by atoms with Gasteiger partial charge < -0.3 is 9.22 Å². The molecular formula is C42H56IrNO3Si2-. The summed E-state index contributed by atoms with van der Waals surface area (Å²) < 4.78 is 6.64. The van der Waals surface area contributed by atoms with E-state index >= 15 is 0 Å². The molecule has 49 heavy (non-hydrogen) atoms. The van der Waals surface area contributed by atoms with Crippen LogP contribution in [0.25, 0.3) is 33.2 Å². The van der Waals surface area contributed by atoms with Crippen LogP contribution in [0.2, 0.25) is 26.2 Å². The summed E-state index contributed by atoms with van der Waals surface area (Å²) in [5.74, 6) is 0.547. The van der Waals surface area contributed by atoms with Crippen LogP contribution in [0.1, 0.15) is 79.7 Å². The van der Waals surface area contributed by atoms with Gasteiger partial charge in [-0.3, -0.25) is 9.78 Å². The molecule has 1 N–H and O–H groups in total. The van der Waals surface area contributed by atoms with Crippen LogP contribution >= 0.6 is 0 Å². The Hall–Kier alpha value is -2.68. The Balaban J connectivity index is 0.000000347. The van der Waals surface area contributed by atoms with Gasteiger partial charge in [-0.05, 0) is 84.9 Å². The Morgan fingerprint density at radius 2 is 1.43 bits per heavy atom. The van der Waals surface area contributed by atoms with Crippen molar-refractivity contribution < 1.29 is 34.1 Å². The van der Waals surface area contributed by atoms with E-state index < -0.39 is 16.6 Å². The number of carbonyl (C=O) groups excluding carboxylic acids is 1. The fourth-order valence-electron chi connectivity index (χ4n) is 7.02. The summed E-state index contributed by atoms with van der Waals surface area (Å²) in [5.41, 5.74) is 5.81. The number of nitrogens with zero attached hydrogens (tertiary/aromatic N) is 1. The van der Waals surface area contributed by atoms with Crippen LogP contribution in [0.4, 0.5) is 0 Å². The van der Waals surface area contributed by atoms with Crippen LogP contribution in [0, 0.1) is 17.9 Å². The van der Waals surface area contributed by atoms with E-state index in [1.54, 1.807) is 0 Å². The number of allylic oxidation sites excluding steroid dienone is 2. The average molecular weight is 871 g/mol. The molecule has 0 aliphatic carbocycles. The van der Waals surface area contributed by atoms with E-state index in [-0.39, 0.29) is 48.9 Å². The van der Waals surface area contributed by atoms with Crippen LogP contribution < -0.4 is 10.4 Å². The van der Waals surface area contributed by atoms with Gasteiger partial charge in [0.15, 0.2) is 5.78 Å². The van der Waals surface area contributed by atoms with Gasteiger partial charge >= 0.3 is 0 Å². The van der Waals surface area contributed by atoms with Gasteiger partial charge in [-0.1, -0.05) is 102 Å². The quantitative estimate of drug-likeness (QED) is 0.0788. The average Bonchev–Trinajstić information content (AvgIpc) is 3.23. The van der Waals surface area contributed by atoms with E-state index in [4.69, 9.17) is 9.10 Å². The van der Waals surface area contributed by atoms with Crippen molar-refractivity contribution in [3.63, 3.8) is 0 Å². The summed E-state index contributed by atoms with van der Waals surface area (Å²) >= 11 is 0. The van der Waals surface area contributed by atoms with Gasteiger partial charge in [0.1, 0.15) is 0 Å². The maximum atomic E-state index is 11.7. The third kappa shape index (κ3) is 9.36. The molecule has 5 rings (SSSR count). The first kappa shape index (κ1) is 40.7. The summed E-state index contributed by atoms with van der Waals surface area (Å²) in [6.07, 6.45) is 6.83. The molecule has 2 heterocycles. The molecule has 1 aromatic heterocycles. The van der Waals surface area contributed by atoms with E-state index in [0.717, 1.165) is 42.3 Å². The molecule has 0 spiro atoms. The van der Waals surface area contributed by atoms with Crippen LogP contribution in [0.15, 0.2) is 78.7 Å². The molecule has 0 saturated carbocycles. The summed E-state index contributed by atoms with van der Waals surface area (Å²) in [4.78, 5) is 16.5. The van der Waals surface area contributed by atoms with Crippen molar-refractivity contribution in [2.75, 3.05) is 0 Å². The molecule has 0 bridgehead atoms. The molecule has 3 aromatic carbocycles. The monoisotopic (exact) mass is 871 g/mol. The molecule has 1 aliphatic rings. The SMILES string of the molecule is CC(C)(C)c1cc(-c2cc(-c3ccc4c(c3)[Si](C)(C)O[Si]4(C)C)ccn2)[c-]c2ccccc12.CCC(CC)C(=O)/C=C(\O)C(CC)CC.[Ir]. The zero-order valence-corrected chi connectivity index (χ0v) is 35.9. The van der Waals surface area contributed by atoms with E-state index in [1.165, 1.54) is 38.5 Å². The Morgan fingerprint density at radius 3 is 2.04 bits per heavy atom. The standard InChI is InChI=1S/C29H32NOSi2.C13H24O2.Ir/c1-29(2,3)25-17-23(16-22-10-8-9-11-24(22)25)26-18-21(14-15-30-26)20-12-13-27-28(19-20)33(6,7)31-32(27,4)5;1-5-10(6-2)12(14)9-13(15)11(7-3)8-4;/h8-15,17-19H,1-7H3;9-11,14H,5-8H2,1-4H3;/q-1;;/b;12-9-;. The van der Waals surface area contributed by atoms with Crippen molar-refractivity contribution in [3.05, 3.63) is 90.3 Å². The van der Waals surface area contributed by atoms with Crippen molar-refractivity contribution in [1.82, 2.24) is 4.98 Å². The first-order valence-corrected chi connectivity index (χ1v) is 23.6. The molecule has 0 atom stereocenters. The second-order valence-corrected chi connectivity index (χ2v) is 23.1. The van der Waals surface area contributed by atoms with Gasteiger partial charge in [-0.2, -0.15) is 0 Å². The summed E-state index contributed by atoms with van der Waals surface area (Å²) in [6, 6.07) is 25.7. The molecule has 0 saturated heterocycles. The molecule has 4 nitrogen and oxygen atoms in total. The normalized spacial score (nSPS) is 15.1. The number of hydrogen-bond donors (Lipinski definition) is 1. The first-order valence-electron chi connectivity index (χ1n) is 17.8. The molecule has 0 amide bonds. The fourth-order valence-corrected chi connectivity index (χ4v) is 17.2. The van der Waals surface area contributed by atoms with Crippen molar-refractivity contribution in [2.45, 2.75) is 106 Å². The number of hydrogen-bond acceptors (Lipinski definition) is 4. The Morgan fingerprint density at radius 1 is 0.837 bits per heavy atom. The first-order chi connectivity index (χ1) is 22.6. The molecule has 1 radical (unpaired) electrons. The Labute approximate surface area is 311 Å². The van der Waals surface area contributed by atoms with E-state index in [2.05, 4.69) is 114 Å². The van der Waals surface area contributed by atoms with E-state index in [0.29, 0.717) is 0 Å². The number of rotatable bonds is 9. The number of ketones is 1. The summed E-state index contributed by atoms with van der Waals surface area (Å²) in [7, 11) is -3.65. The van der Waals surface area contributed by atoms with Crippen molar-refractivity contribution in [2.24, 2.45) is 11.8 Å². The van der Waals surface area contributed by atoms with Crippen LogP contribution in [-0.4, -0.2) is 32.5 Å². The minimum absolute atomic E-state index is 0. The van der Waals surface area contributed by atoms with Gasteiger partial charge in [0.05, 0.1) is 5.76 Å². The smallest absolute Gasteiger partial charge is 0.206 e. The predicted octanol–water partition coefficient (Wildman–Crippen LogP) is 10.4. The molecule has 4 aromatic rings. The number of benzene rings is 3. The molecule has 7 heteroatoms. The van der Waals surface area contributed by atoms with Gasteiger partial charge in [0.25, 0.3) is 0 Å². The van der Waals surface area contributed by atoms with E-state index in [1.807, 2.05) is 33.9 Å². The number of fused-ring (bicyclic) bond motifs is 2. The third-order valence-corrected chi connectivity index (χ3v) is 17.6. The maximum Gasteiger partial charge on any atom is 0.206 e. The van der Waals surface area contributed by atoms with Gasteiger partial charge in [0.2, 0.25) is 16.6 Å². The molecule has 265 valence electrons. The zero-order chi connectivity index (χ0) is 35.4. The molecule has 0 fully saturated rings.